The van der Waals surface area contributed by atoms with Gasteiger partial charge in [0, 0.05) is 25.5 Å². The molecule has 0 radical (unpaired) electrons. The summed E-state index contributed by atoms with van der Waals surface area (Å²) >= 11 is 0. The Morgan fingerprint density at radius 2 is 1.71 bits per heavy atom. The molecule has 0 spiro atoms. The highest BCUT2D eigenvalue weighted by atomic mass is 16.4. The van der Waals surface area contributed by atoms with E-state index in [1.54, 1.807) is 6.20 Å². The first-order valence-corrected chi connectivity index (χ1v) is 7.27. The van der Waals surface area contributed by atoms with Crippen LogP contribution in [0.2, 0.25) is 0 Å². The largest absolute Gasteiger partial charge is 0.481 e. The third kappa shape index (κ3) is 10.4. The van der Waals surface area contributed by atoms with E-state index in [2.05, 4.69) is 9.97 Å². The summed E-state index contributed by atoms with van der Waals surface area (Å²) in [5.74, 6) is -2.31. The van der Waals surface area contributed by atoms with Gasteiger partial charge >= 0.3 is 11.9 Å². The number of Topliss-reactive ketones (excluding diaryl/α,β-unsaturated/α-hetero) is 1. The van der Waals surface area contributed by atoms with Crippen LogP contribution in [0, 0.1) is 0 Å². The first kappa shape index (κ1) is 21.7. The molecule has 24 heavy (non-hydrogen) atoms. The molecule has 1 aromatic heterocycles. The normalized spacial score (nSPS) is 12.6. The number of hydrogen-bond acceptors (Lipinski definition) is 7. The maximum Gasteiger partial charge on any atom is 0.303 e. The predicted octanol–water partition coefficient (Wildman–Crippen LogP) is -1.08. The Labute approximate surface area is 138 Å². The Kier molecular flexibility index (Phi) is 11.0. The number of hydrogen-bond donors (Lipinski definition) is 6. The predicted molar refractivity (Wildman–Crippen MR) is 82.1 cm³/mol. The third-order valence-electron chi connectivity index (χ3n) is 2.88. The number of nitrogens with zero attached hydrogens (tertiary/aromatic N) is 1. The highest BCUT2D eigenvalue weighted by Crippen LogP contribution is 2.00. The fourth-order valence-electron chi connectivity index (χ4n) is 1.62. The number of rotatable bonds is 10. The SMILES string of the molecule is N[C@@H](Cc1c[nH]cn1)C(=O)C(O)CO.O=C(O)CCCCC(=O)O. The van der Waals surface area contributed by atoms with Crippen molar-refractivity contribution in [2.24, 2.45) is 5.73 Å². The summed E-state index contributed by atoms with van der Waals surface area (Å²) in [5, 5.41) is 33.8. The molecule has 136 valence electrons. The lowest BCUT2D eigenvalue weighted by atomic mass is 10.0. The van der Waals surface area contributed by atoms with Crippen LogP contribution in [0.5, 0.6) is 0 Å². The van der Waals surface area contributed by atoms with Gasteiger partial charge in [0.25, 0.3) is 0 Å². The molecule has 10 heteroatoms. The highest BCUT2D eigenvalue weighted by Gasteiger charge is 2.22. The van der Waals surface area contributed by atoms with Gasteiger partial charge in [0.15, 0.2) is 5.78 Å². The fourth-order valence-corrected chi connectivity index (χ4v) is 1.62. The van der Waals surface area contributed by atoms with Crippen LogP contribution in [0.4, 0.5) is 0 Å². The highest BCUT2D eigenvalue weighted by molar-refractivity contribution is 5.88. The van der Waals surface area contributed by atoms with E-state index in [1.807, 2.05) is 0 Å². The molecular weight excluding hydrogens is 322 g/mol. The van der Waals surface area contributed by atoms with Crippen molar-refractivity contribution in [2.45, 2.75) is 44.2 Å². The molecular formula is C14H23N3O7. The molecule has 0 aliphatic carbocycles. The molecule has 1 rings (SSSR count). The molecule has 0 aliphatic heterocycles. The van der Waals surface area contributed by atoms with Crippen LogP contribution in [0.15, 0.2) is 12.5 Å². The molecule has 10 nitrogen and oxygen atoms in total. The summed E-state index contributed by atoms with van der Waals surface area (Å²) in [7, 11) is 0. The summed E-state index contributed by atoms with van der Waals surface area (Å²) in [6.07, 6.45) is 2.97. The monoisotopic (exact) mass is 345 g/mol. The van der Waals surface area contributed by atoms with Crippen molar-refractivity contribution in [1.29, 1.82) is 0 Å². The number of aromatic amines is 1. The third-order valence-corrected chi connectivity index (χ3v) is 2.88. The van der Waals surface area contributed by atoms with E-state index in [4.69, 9.17) is 26.2 Å². The second-order valence-electron chi connectivity index (χ2n) is 4.97. The van der Waals surface area contributed by atoms with Crippen molar-refractivity contribution in [3.8, 4) is 0 Å². The lowest BCUT2D eigenvalue weighted by Crippen LogP contribution is -2.41. The minimum atomic E-state index is -1.40. The smallest absolute Gasteiger partial charge is 0.303 e. The van der Waals surface area contributed by atoms with Crippen LogP contribution >= 0.6 is 0 Å². The maximum atomic E-state index is 11.2. The van der Waals surface area contributed by atoms with Gasteiger partial charge < -0.3 is 31.1 Å². The second-order valence-corrected chi connectivity index (χ2v) is 4.97. The molecule has 0 saturated carbocycles. The first-order chi connectivity index (χ1) is 11.3. The van der Waals surface area contributed by atoms with Crippen molar-refractivity contribution in [3.05, 3.63) is 18.2 Å². The fraction of sp³-hybridized carbons (Fsp3) is 0.571. The van der Waals surface area contributed by atoms with E-state index in [1.165, 1.54) is 6.33 Å². The Balaban J connectivity index is 0.000000470. The number of ketones is 1. The number of carboxylic acid groups (broad SMARTS) is 2. The van der Waals surface area contributed by atoms with Gasteiger partial charge in [0.1, 0.15) is 6.10 Å². The van der Waals surface area contributed by atoms with Crippen LogP contribution in [-0.2, 0) is 20.8 Å². The average Bonchev–Trinajstić information content (AvgIpc) is 3.03. The van der Waals surface area contributed by atoms with Gasteiger partial charge in [-0.2, -0.15) is 0 Å². The van der Waals surface area contributed by atoms with Gasteiger partial charge in [0.05, 0.1) is 24.7 Å². The van der Waals surface area contributed by atoms with Crippen molar-refractivity contribution in [3.63, 3.8) is 0 Å². The number of nitrogens with two attached hydrogens (primary N) is 1. The van der Waals surface area contributed by atoms with Crippen molar-refractivity contribution in [2.75, 3.05) is 6.61 Å². The van der Waals surface area contributed by atoms with Crippen LogP contribution in [-0.4, -0.2) is 66.9 Å². The number of aromatic nitrogens is 2. The Morgan fingerprint density at radius 1 is 1.17 bits per heavy atom. The molecule has 0 amide bonds. The number of H-pyrrole nitrogens is 1. The van der Waals surface area contributed by atoms with E-state index in [9.17, 15) is 14.4 Å². The summed E-state index contributed by atoms with van der Waals surface area (Å²) in [6.45, 7) is -0.604. The zero-order valence-corrected chi connectivity index (χ0v) is 13.1. The van der Waals surface area contributed by atoms with Crippen LogP contribution in [0.1, 0.15) is 31.4 Å². The zero-order valence-electron chi connectivity index (χ0n) is 13.1. The van der Waals surface area contributed by atoms with Crippen molar-refractivity contribution < 1.29 is 34.8 Å². The second kappa shape index (κ2) is 12.2. The van der Waals surface area contributed by atoms with E-state index >= 15 is 0 Å². The number of imidazole rings is 1. The average molecular weight is 345 g/mol. The summed E-state index contributed by atoms with van der Waals surface area (Å²) < 4.78 is 0. The van der Waals surface area contributed by atoms with E-state index in [0.717, 1.165) is 0 Å². The van der Waals surface area contributed by atoms with Gasteiger partial charge in [-0.25, -0.2) is 4.98 Å². The van der Waals surface area contributed by atoms with Crippen molar-refractivity contribution in [1.82, 2.24) is 9.97 Å². The number of unbranched alkanes of at least 4 members (excludes halogenated alkanes) is 1. The molecule has 0 fully saturated rings. The summed E-state index contributed by atoms with van der Waals surface area (Å²) in [6, 6.07) is -0.833. The number of carbonyl (C=O) groups excluding carboxylic acids is 1. The van der Waals surface area contributed by atoms with Crippen LogP contribution in [0.25, 0.3) is 0 Å². The zero-order chi connectivity index (χ0) is 18.5. The number of aliphatic carboxylic acids is 2. The number of carbonyl (C=O) groups is 3. The van der Waals surface area contributed by atoms with Crippen LogP contribution in [0.3, 0.4) is 0 Å². The molecule has 0 aromatic carbocycles. The number of carboxylic acids is 2. The van der Waals surface area contributed by atoms with E-state index < -0.39 is 36.5 Å². The van der Waals surface area contributed by atoms with Gasteiger partial charge in [-0.15, -0.1) is 0 Å². The molecule has 1 heterocycles. The molecule has 1 unspecified atom stereocenters. The standard InChI is InChI=1S/C8H13N3O3.C6H10O4/c9-6(8(14)7(13)3-12)1-5-2-10-4-11-5;7-5(8)3-1-2-4-6(9)10/h2,4,6-7,12-13H,1,3,9H2,(H,10,11);1-4H2,(H,7,8)(H,9,10)/t6-,7?;/m0./s1. The van der Waals surface area contributed by atoms with E-state index in [-0.39, 0.29) is 19.3 Å². The molecule has 2 atom stereocenters. The van der Waals surface area contributed by atoms with Gasteiger partial charge in [-0.05, 0) is 12.8 Å². The molecule has 0 saturated heterocycles. The minimum absolute atomic E-state index is 0.0628. The Hall–Kier alpha value is -2.30. The van der Waals surface area contributed by atoms with Gasteiger partial charge in [-0.3, -0.25) is 14.4 Å². The molecule has 0 aliphatic rings. The first-order valence-electron chi connectivity index (χ1n) is 7.27. The topological polar surface area (TPSA) is 187 Å². The maximum absolute atomic E-state index is 11.2. The summed E-state index contributed by atoms with van der Waals surface area (Å²) in [5.41, 5.74) is 6.16. The van der Waals surface area contributed by atoms with Crippen LogP contribution < -0.4 is 5.73 Å². The quantitative estimate of drug-likeness (QED) is 0.287. The minimum Gasteiger partial charge on any atom is -0.481 e. The number of aliphatic hydroxyl groups excluding tert-OH is 2. The number of nitrogens with one attached hydrogen (secondary N) is 1. The lowest BCUT2D eigenvalue weighted by Gasteiger charge is -2.12. The van der Waals surface area contributed by atoms with Gasteiger partial charge in [0.2, 0.25) is 0 Å². The van der Waals surface area contributed by atoms with Gasteiger partial charge in [-0.1, -0.05) is 0 Å². The molecule has 7 N–H and O–H groups in total. The molecule has 0 bridgehead atoms. The van der Waals surface area contributed by atoms with Crippen molar-refractivity contribution >= 4 is 17.7 Å². The Bertz CT molecular complexity index is 488. The Morgan fingerprint density at radius 3 is 2.08 bits per heavy atom. The lowest BCUT2D eigenvalue weighted by molar-refractivity contribution is -0.139. The molecule has 1 aromatic rings. The van der Waals surface area contributed by atoms with E-state index in [0.29, 0.717) is 18.5 Å². The summed E-state index contributed by atoms with van der Waals surface area (Å²) in [4.78, 5) is 37.6. The number of aliphatic hydroxyl groups is 2.